The number of aliphatic imine (C=N–C) groups is 1. The zero-order valence-corrected chi connectivity index (χ0v) is 44.9. The standard InChI is InChI=1S/C53H65N5O16S/c1-50(2,3)71-42(59)30-41(45(63)72-51(4,5)6)57(32-36-19-16-20-38(29-36)43(60)61)75(67,68)58(49(66)69-33-35-17-14-13-15-18-35)31-34-21-27-40(28-22-34)70-44(62)37-23-25-39(26-24-37)54-46(55-47(64)73-52(7,8)9)56-48(65)74-53(10,11)12/h13-29,41H,30-33H2,1-12H3,(H,60,61)(H2,54,55,56,64,65)/t41-/m0/s1. The predicted molar refractivity (Wildman–Crippen MR) is 275 cm³/mol. The molecule has 21 nitrogen and oxygen atoms in total. The van der Waals surface area contributed by atoms with Crippen LogP contribution in [0.25, 0.3) is 0 Å². The minimum Gasteiger partial charge on any atom is -0.478 e. The third-order valence-corrected chi connectivity index (χ3v) is 11.2. The van der Waals surface area contributed by atoms with Crippen molar-refractivity contribution in [3.63, 3.8) is 0 Å². The Morgan fingerprint density at radius 1 is 0.627 bits per heavy atom. The molecule has 0 spiro atoms. The number of carbonyl (C=O) groups excluding carboxylic acids is 6. The number of nitrogens with zero attached hydrogens (tertiary/aromatic N) is 3. The molecule has 0 aliphatic carbocycles. The van der Waals surface area contributed by atoms with Gasteiger partial charge >= 0.3 is 52.4 Å². The third kappa shape index (κ3) is 20.5. The number of carboxylic acids is 1. The van der Waals surface area contributed by atoms with Crippen LogP contribution in [0.4, 0.5) is 20.1 Å². The maximum absolute atomic E-state index is 15.3. The number of rotatable bonds is 16. The van der Waals surface area contributed by atoms with E-state index in [2.05, 4.69) is 15.6 Å². The van der Waals surface area contributed by atoms with Crippen molar-refractivity contribution in [2.75, 3.05) is 5.32 Å². The lowest BCUT2D eigenvalue weighted by atomic mass is 10.1. The third-order valence-electron chi connectivity index (χ3n) is 9.36. The summed E-state index contributed by atoms with van der Waals surface area (Å²) >= 11 is 0. The first-order valence-corrected chi connectivity index (χ1v) is 24.8. The average Bonchev–Trinajstić information content (AvgIpc) is 3.27. The molecule has 3 amide bonds. The SMILES string of the molecule is CC(C)(C)OC(=O)C[C@@H](C(=O)OC(C)(C)C)N(Cc1cccc(C(=O)O)c1)S(=O)(=O)N(Cc1ccc(OC(=O)c2ccc(N/C(=N\C(=O)OC(C)(C)C)NC(=O)OC(C)(C)C)cc2)cc1)C(=O)OCc1ccccc1. The fraction of sp³-hybridized carbons (Fsp3) is 0.396. The Bertz CT molecular complexity index is 2830. The number of esters is 3. The summed E-state index contributed by atoms with van der Waals surface area (Å²) in [7, 11) is -5.30. The van der Waals surface area contributed by atoms with Crippen LogP contribution < -0.4 is 15.4 Å². The zero-order valence-electron chi connectivity index (χ0n) is 44.0. The van der Waals surface area contributed by atoms with E-state index in [-0.39, 0.29) is 46.3 Å². The summed E-state index contributed by atoms with van der Waals surface area (Å²) in [6, 6.07) is 22.7. The molecule has 0 fully saturated rings. The fourth-order valence-corrected chi connectivity index (χ4v) is 7.99. The van der Waals surface area contributed by atoms with Crippen LogP contribution in [0.3, 0.4) is 0 Å². The lowest BCUT2D eigenvalue weighted by molar-refractivity contribution is -0.167. The van der Waals surface area contributed by atoms with Crippen LogP contribution in [-0.2, 0) is 63.2 Å². The molecule has 0 saturated carbocycles. The summed E-state index contributed by atoms with van der Waals surface area (Å²) < 4.78 is 64.3. The highest BCUT2D eigenvalue weighted by atomic mass is 32.2. The highest BCUT2D eigenvalue weighted by molar-refractivity contribution is 7.87. The number of carbonyl (C=O) groups is 7. The van der Waals surface area contributed by atoms with Crippen molar-refractivity contribution in [2.45, 2.75) is 138 Å². The van der Waals surface area contributed by atoms with E-state index in [1.807, 2.05) is 0 Å². The van der Waals surface area contributed by atoms with Gasteiger partial charge in [-0.2, -0.15) is 17.0 Å². The quantitative estimate of drug-likeness (QED) is 0.0310. The molecule has 0 aromatic heterocycles. The van der Waals surface area contributed by atoms with Crippen molar-refractivity contribution >= 4 is 64.0 Å². The van der Waals surface area contributed by atoms with E-state index < -0.39 is 100 Å². The Kier molecular flexibility index (Phi) is 19.8. The Labute approximate surface area is 436 Å². The first kappa shape index (κ1) is 59.7. The van der Waals surface area contributed by atoms with Gasteiger partial charge in [-0.1, -0.05) is 54.6 Å². The van der Waals surface area contributed by atoms with Crippen molar-refractivity contribution in [1.82, 2.24) is 13.9 Å². The molecule has 22 heteroatoms. The zero-order chi connectivity index (χ0) is 56.1. The number of amides is 3. The van der Waals surface area contributed by atoms with Gasteiger partial charge in [-0.25, -0.2) is 24.0 Å². The van der Waals surface area contributed by atoms with E-state index in [0.717, 1.165) is 0 Å². The van der Waals surface area contributed by atoms with Crippen LogP contribution in [0.1, 0.15) is 127 Å². The normalized spacial score (nSPS) is 12.6. The molecule has 0 bridgehead atoms. The van der Waals surface area contributed by atoms with Crippen molar-refractivity contribution in [3.8, 4) is 5.75 Å². The minimum atomic E-state index is -5.30. The summed E-state index contributed by atoms with van der Waals surface area (Å²) in [5.74, 6) is -4.64. The number of hydrogen-bond acceptors (Lipinski definition) is 15. The maximum Gasteiger partial charge on any atom is 0.437 e. The average molecular weight is 1060 g/mol. The fourth-order valence-electron chi connectivity index (χ4n) is 6.39. The number of ether oxygens (including phenoxy) is 6. The van der Waals surface area contributed by atoms with E-state index >= 15 is 8.42 Å². The first-order chi connectivity index (χ1) is 34.7. The molecule has 4 rings (SSSR count). The van der Waals surface area contributed by atoms with E-state index in [0.29, 0.717) is 14.2 Å². The number of nitrogens with one attached hydrogen (secondary N) is 2. The molecular formula is C53H65N5O16S. The maximum atomic E-state index is 15.3. The largest absolute Gasteiger partial charge is 0.478 e. The van der Waals surface area contributed by atoms with E-state index in [1.165, 1.54) is 93.6 Å². The van der Waals surface area contributed by atoms with Gasteiger partial charge in [-0.3, -0.25) is 14.9 Å². The van der Waals surface area contributed by atoms with E-state index in [4.69, 9.17) is 28.4 Å². The second-order valence-electron chi connectivity index (χ2n) is 20.7. The predicted octanol–water partition coefficient (Wildman–Crippen LogP) is 9.16. The number of alkyl carbamates (subject to hydrolysis) is 1. The molecule has 1 atom stereocenters. The molecule has 0 unspecified atom stereocenters. The Morgan fingerprint density at radius 2 is 1.20 bits per heavy atom. The van der Waals surface area contributed by atoms with Gasteiger partial charge in [0.2, 0.25) is 5.96 Å². The molecule has 4 aromatic carbocycles. The number of carboxylic acid groups (broad SMARTS) is 1. The minimum absolute atomic E-state index is 0.00245. The molecule has 0 aliphatic rings. The van der Waals surface area contributed by atoms with Crippen LogP contribution in [-0.4, -0.2) is 98.7 Å². The molecule has 0 radical (unpaired) electrons. The highest BCUT2D eigenvalue weighted by Gasteiger charge is 2.45. The second-order valence-corrected chi connectivity index (χ2v) is 22.6. The lowest BCUT2D eigenvalue weighted by Crippen LogP contribution is -2.54. The Morgan fingerprint density at radius 3 is 1.76 bits per heavy atom. The number of benzene rings is 4. The molecular weight excluding hydrogens is 995 g/mol. The second kappa shape index (κ2) is 24.9. The number of aromatic carboxylic acids is 1. The summed E-state index contributed by atoms with van der Waals surface area (Å²) in [6.45, 7) is 17.3. The van der Waals surface area contributed by atoms with Gasteiger partial charge in [0.1, 0.15) is 40.8 Å². The van der Waals surface area contributed by atoms with Crippen molar-refractivity contribution < 1.29 is 75.5 Å². The van der Waals surface area contributed by atoms with Crippen molar-refractivity contribution in [2.24, 2.45) is 4.99 Å². The van der Waals surface area contributed by atoms with Crippen LogP contribution in [0.2, 0.25) is 0 Å². The van der Waals surface area contributed by atoms with Gasteiger partial charge in [0.25, 0.3) is 0 Å². The van der Waals surface area contributed by atoms with Gasteiger partial charge in [0.15, 0.2) is 0 Å². The molecule has 0 aliphatic heterocycles. The van der Waals surface area contributed by atoms with Crippen molar-refractivity contribution in [3.05, 3.63) is 131 Å². The molecule has 0 saturated heterocycles. The highest BCUT2D eigenvalue weighted by Crippen LogP contribution is 2.27. The van der Waals surface area contributed by atoms with E-state index in [9.17, 15) is 38.7 Å². The molecule has 4 aromatic rings. The number of guanidine groups is 1. The smallest absolute Gasteiger partial charge is 0.437 e. The molecule has 0 heterocycles. The van der Waals surface area contributed by atoms with Crippen LogP contribution in [0, 0.1) is 0 Å². The van der Waals surface area contributed by atoms with Gasteiger partial charge in [0.05, 0.1) is 24.1 Å². The molecule has 75 heavy (non-hydrogen) atoms. The monoisotopic (exact) mass is 1060 g/mol. The molecule has 3 N–H and O–H groups in total. The van der Waals surface area contributed by atoms with Gasteiger partial charge in [0, 0.05) is 12.2 Å². The van der Waals surface area contributed by atoms with Gasteiger partial charge in [-0.15, -0.1) is 4.99 Å². The van der Waals surface area contributed by atoms with Crippen molar-refractivity contribution in [1.29, 1.82) is 0 Å². The summed E-state index contributed by atoms with van der Waals surface area (Å²) in [5.41, 5.74) is -3.17. The van der Waals surface area contributed by atoms with Crippen LogP contribution in [0.15, 0.2) is 108 Å². The number of hydrogen-bond donors (Lipinski definition) is 3. The van der Waals surface area contributed by atoms with E-state index in [1.54, 1.807) is 92.6 Å². The summed E-state index contributed by atoms with van der Waals surface area (Å²) in [6.07, 6.45) is -4.19. The Hall–Kier alpha value is -7.85. The molecule has 404 valence electrons. The topological polar surface area (TPSA) is 272 Å². The first-order valence-electron chi connectivity index (χ1n) is 23.4. The summed E-state index contributed by atoms with van der Waals surface area (Å²) in [5, 5.41) is 14.9. The van der Waals surface area contributed by atoms with Crippen LogP contribution >= 0.6 is 0 Å². The Balaban J connectivity index is 1.69. The lowest BCUT2D eigenvalue weighted by Gasteiger charge is -2.35. The number of anilines is 1. The van der Waals surface area contributed by atoms with Gasteiger partial charge < -0.3 is 38.8 Å². The van der Waals surface area contributed by atoms with Gasteiger partial charge in [-0.05, 0) is 148 Å². The summed E-state index contributed by atoms with van der Waals surface area (Å²) in [4.78, 5) is 96.2. The van der Waals surface area contributed by atoms with Crippen LogP contribution in [0.5, 0.6) is 5.75 Å².